The fraction of sp³-hybridized carbons (Fsp3) is 0.214. The minimum atomic E-state index is -0.914. The Bertz CT molecular complexity index is 773. The highest BCUT2D eigenvalue weighted by molar-refractivity contribution is 5.87. The van der Waals surface area contributed by atoms with Gasteiger partial charge >= 0.3 is 5.97 Å². The highest BCUT2D eigenvalue weighted by Gasteiger charge is 2.17. The second-order valence-corrected chi connectivity index (χ2v) is 4.42. The first-order chi connectivity index (χ1) is 9.69. The predicted molar refractivity (Wildman–Crippen MR) is 72.2 cm³/mol. The number of carboxylic acid groups (broad SMARTS) is 1. The number of aliphatic carboxylic acids is 1. The van der Waals surface area contributed by atoms with Crippen LogP contribution in [-0.4, -0.2) is 25.8 Å². The zero-order valence-electron chi connectivity index (χ0n) is 10.9. The molecule has 2 aromatic heterocycles. The molecule has 6 heteroatoms. The number of fused-ring (bicyclic) bond motifs is 1. The molecule has 2 heterocycles. The lowest BCUT2D eigenvalue weighted by atomic mass is 10.2. The Kier molecular flexibility index (Phi) is 2.98. The van der Waals surface area contributed by atoms with Crippen molar-refractivity contribution in [2.45, 2.75) is 19.9 Å². The summed E-state index contributed by atoms with van der Waals surface area (Å²) in [7, 11) is 0. The smallest absolute Gasteiger partial charge is 0.323 e. The van der Waals surface area contributed by atoms with Crippen LogP contribution < -0.4 is 0 Å². The lowest BCUT2D eigenvalue weighted by Crippen LogP contribution is -2.09. The largest absolute Gasteiger partial charge is 0.480 e. The van der Waals surface area contributed by atoms with Crippen molar-refractivity contribution in [3.05, 3.63) is 36.2 Å². The molecule has 0 radical (unpaired) electrons. The lowest BCUT2D eigenvalue weighted by Gasteiger charge is -2.04. The van der Waals surface area contributed by atoms with Gasteiger partial charge in [0.1, 0.15) is 12.2 Å². The van der Waals surface area contributed by atoms with Crippen molar-refractivity contribution in [1.29, 1.82) is 0 Å². The van der Waals surface area contributed by atoms with Crippen molar-refractivity contribution >= 4 is 16.9 Å². The first kappa shape index (κ1) is 12.4. The second kappa shape index (κ2) is 4.80. The number of hydrogen-bond acceptors (Lipinski definition) is 4. The summed E-state index contributed by atoms with van der Waals surface area (Å²) < 4.78 is 7.21. The number of carboxylic acids is 1. The van der Waals surface area contributed by atoms with E-state index in [1.54, 1.807) is 4.57 Å². The number of nitrogens with zero attached hydrogens (tertiary/aromatic N) is 3. The molecule has 3 rings (SSSR count). The Labute approximate surface area is 114 Å². The third-order valence-corrected chi connectivity index (χ3v) is 3.09. The number of aryl methyl sites for hydroxylation is 1. The number of hydrogen-bond donors (Lipinski definition) is 1. The van der Waals surface area contributed by atoms with E-state index in [0.717, 1.165) is 10.9 Å². The van der Waals surface area contributed by atoms with Gasteiger partial charge in [-0.05, 0) is 12.1 Å². The molecule has 20 heavy (non-hydrogen) atoms. The molecule has 0 atom stereocenters. The highest BCUT2D eigenvalue weighted by atomic mass is 16.4. The number of aromatic nitrogens is 3. The van der Waals surface area contributed by atoms with Crippen molar-refractivity contribution in [3.8, 4) is 11.6 Å². The molecule has 1 N–H and O–H groups in total. The molecule has 0 amide bonds. The molecule has 0 unspecified atom stereocenters. The SMILES string of the molecule is CCc1nnc(-c2cc3ccccc3n2CC(=O)O)o1. The molecule has 1 aromatic carbocycles. The minimum absolute atomic E-state index is 0.146. The number of para-hydroxylation sites is 1. The van der Waals surface area contributed by atoms with E-state index in [9.17, 15) is 4.79 Å². The zero-order valence-corrected chi connectivity index (χ0v) is 10.9. The summed E-state index contributed by atoms with van der Waals surface area (Å²) >= 11 is 0. The topological polar surface area (TPSA) is 81.2 Å². The normalized spacial score (nSPS) is 11.1. The summed E-state index contributed by atoms with van der Waals surface area (Å²) in [4.78, 5) is 11.1. The zero-order chi connectivity index (χ0) is 14.1. The summed E-state index contributed by atoms with van der Waals surface area (Å²) in [6.07, 6.45) is 0.645. The van der Waals surface area contributed by atoms with Gasteiger partial charge in [0, 0.05) is 17.3 Å². The van der Waals surface area contributed by atoms with E-state index in [0.29, 0.717) is 23.9 Å². The van der Waals surface area contributed by atoms with Gasteiger partial charge in [-0.15, -0.1) is 10.2 Å². The summed E-state index contributed by atoms with van der Waals surface area (Å²) in [6.45, 7) is 1.77. The van der Waals surface area contributed by atoms with E-state index < -0.39 is 5.97 Å². The fourth-order valence-electron chi connectivity index (χ4n) is 2.19. The third kappa shape index (κ3) is 2.05. The minimum Gasteiger partial charge on any atom is -0.480 e. The van der Waals surface area contributed by atoms with Gasteiger partial charge in [0.15, 0.2) is 0 Å². The highest BCUT2D eigenvalue weighted by Crippen LogP contribution is 2.27. The van der Waals surface area contributed by atoms with Gasteiger partial charge in [0.2, 0.25) is 5.89 Å². The van der Waals surface area contributed by atoms with Crippen LogP contribution in [0.15, 0.2) is 34.7 Å². The lowest BCUT2D eigenvalue weighted by molar-refractivity contribution is -0.137. The van der Waals surface area contributed by atoms with Crippen LogP contribution in [0.3, 0.4) is 0 Å². The average molecular weight is 271 g/mol. The molecule has 0 aliphatic heterocycles. The summed E-state index contributed by atoms with van der Waals surface area (Å²) in [5, 5.41) is 17.9. The summed E-state index contributed by atoms with van der Waals surface area (Å²) in [5.74, 6) is -0.0331. The Morgan fingerprint density at radius 2 is 2.15 bits per heavy atom. The first-order valence-corrected chi connectivity index (χ1v) is 6.32. The molecule has 0 saturated carbocycles. The Morgan fingerprint density at radius 3 is 2.85 bits per heavy atom. The first-order valence-electron chi connectivity index (χ1n) is 6.32. The molecule has 0 aliphatic rings. The maximum Gasteiger partial charge on any atom is 0.323 e. The molecular weight excluding hydrogens is 258 g/mol. The van der Waals surface area contributed by atoms with Crippen LogP contribution in [0.2, 0.25) is 0 Å². The molecule has 0 bridgehead atoms. The van der Waals surface area contributed by atoms with Crippen molar-refractivity contribution < 1.29 is 14.3 Å². The van der Waals surface area contributed by atoms with Crippen LogP contribution in [-0.2, 0) is 17.8 Å². The van der Waals surface area contributed by atoms with Crippen LogP contribution in [0, 0.1) is 0 Å². The van der Waals surface area contributed by atoms with E-state index in [4.69, 9.17) is 9.52 Å². The van der Waals surface area contributed by atoms with Gasteiger partial charge in [0.05, 0.1) is 0 Å². The van der Waals surface area contributed by atoms with E-state index in [1.165, 1.54) is 0 Å². The van der Waals surface area contributed by atoms with Crippen LogP contribution in [0.25, 0.3) is 22.5 Å². The van der Waals surface area contributed by atoms with Gasteiger partial charge in [-0.1, -0.05) is 25.1 Å². The molecule has 0 spiro atoms. The van der Waals surface area contributed by atoms with Crippen molar-refractivity contribution in [2.24, 2.45) is 0 Å². The standard InChI is InChI=1S/C14H13N3O3/c1-2-12-15-16-14(20-12)11-7-9-5-3-4-6-10(9)17(11)8-13(18)19/h3-7H,2,8H2,1H3,(H,18,19). The van der Waals surface area contributed by atoms with Gasteiger partial charge in [0.25, 0.3) is 5.89 Å². The fourth-order valence-corrected chi connectivity index (χ4v) is 2.19. The van der Waals surface area contributed by atoms with E-state index in [2.05, 4.69) is 10.2 Å². The predicted octanol–water partition coefficient (Wildman–Crippen LogP) is 2.34. The van der Waals surface area contributed by atoms with Crippen LogP contribution >= 0.6 is 0 Å². The molecule has 0 fully saturated rings. The average Bonchev–Trinajstić information content (AvgIpc) is 3.03. The molecule has 0 aliphatic carbocycles. The van der Waals surface area contributed by atoms with Crippen molar-refractivity contribution in [2.75, 3.05) is 0 Å². The Balaban J connectivity index is 2.20. The van der Waals surface area contributed by atoms with Crippen LogP contribution in [0.1, 0.15) is 12.8 Å². The molecule has 102 valence electrons. The number of rotatable bonds is 4. The quantitative estimate of drug-likeness (QED) is 0.787. The van der Waals surface area contributed by atoms with E-state index in [1.807, 2.05) is 37.3 Å². The van der Waals surface area contributed by atoms with Gasteiger partial charge in [-0.3, -0.25) is 4.79 Å². The molecule has 0 saturated heterocycles. The van der Waals surface area contributed by atoms with Gasteiger partial charge in [-0.25, -0.2) is 0 Å². The number of benzene rings is 1. The van der Waals surface area contributed by atoms with Crippen molar-refractivity contribution in [1.82, 2.24) is 14.8 Å². The van der Waals surface area contributed by atoms with E-state index in [-0.39, 0.29) is 6.54 Å². The van der Waals surface area contributed by atoms with Crippen LogP contribution in [0.5, 0.6) is 0 Å². The monoisotopic (exact) mass is 271 g/mol. The maximum atomic E-state index is 11.1. The third-order valence-electron chi connectivity index (χ3n) is 3.09. The second-order valence-electron chi connectivity index (χ2n) is 4.42. The molecular formula is C14H13N3O3. The van der Waals surface area contributed by atoms with Gasteiger partial charge < -0.3 is 14.1 Å². The summed E-state index contributed by atoms with van der Waals surface area (Å²) in [6, 6.07) is 9.44. The van der Waals surface area contributed by atoms with Crippen LogP contribution in [0.4, 0.5) is 0 Å². The Hall–Kier alpha value is -2.63. The van der Waals surface area contributed by atoms with Gasteiger partial charge in [-0.2, -0.15) is 0 Å². The number of carbonyl (C=O) groups is 1. The molecule has 6 nitrogen and oxygen atoms in total. The maximum absolute atomic E-state index is 11.1. The van der Waals surface area contributed by atoms with Crippen molar-refractivity contribution in [3.63, 3.8) is 0 Å². The molecule has 3 aromatic rings. The van der Waals surface area contributed by atoms with E-state index >= 15 is 0 Å². The Morgan fingerprint density at radius 1 is 1.35 bits per heavy atom. The summed E-state index contributed by atoms with van der Waals surface area (Å²) in [5.41, 5.74) is 1.46.